The number of sulfonamides is 1. The van der Waals surface area contributed by atoms with Crippen molar-refractivity contribution in [2.24, 2.45) is 5.41 Å². The lowest BCUT2D eigenvalue weighted by atomic mass is 9.94. The summed E-state index contributed by atoms with van der Waals surface area (Å²) in [6.07, 6.45) is -1.11. The van der Waals surface area contributed by atoms with Crippen molar-refractivity contribution < 1.29 is 26.7 Å². The van der Waals surface area contributed by atoms with Crippen LogP contribution in [0.5, 0.6) is 0 Å². The number of benzene rings is 2. The van der Waals surface area contributed by atoms with E-state index in [2.05, 4.69) is 9.71 Å². The molecule has 0 saturated heterocycles. The predicted octanol–water partition coefficient (Wildman–Crippen LogP) is 6.95. The van der Waals surface area contributed by atoms with Crippen molar-refractivity contribution in [1.82, 2.24) is 9.71 Å². The summed E-state index contributed by atoms with van der Waals surface area (Å²) in [5.74, 6) is 0. The van der Waals surface area contributed by atoms with E-state index in [0.29, 0.717) is 34.4 Å². The highest BCUT2D eigenvalue weighted by Crippen LogP contribution is 2.68. The predicted molar refractivity (Wildman–Crippen MR) is 146 cm³/mol. The third-order valence-electron chi connectivity index (χ3n) is 7.88. The summed E-state index contributed by atoms with van der Waals surface area (Å²) in [6.45, 7) is 0.710. The second-order valence-electron chi connectivity index (χ2n) is 10.5. The lowest BCUT2D eigenvalue weighted by Gasteiger charge is -2.26. The van der Waals surface area contributed by atoms with Crippen molar-refractivity contribution in [3.05, 3.63) is 87.9 Å². The monoisotopic (exact) mass is 592 g/mol. The lowest BCUT2D eigenvalue weighted by Crippen LogP contribution is -2.39. The number of aromatic nitrogens is 1. The first-order chi connectivity index (χ1) is 18.3. The molecule has 39 heavy (non-hydrogen) atoms. The van der Waals surface area contributed by atoms with E-state index >= 15 is 0 Å². The van der Waals surface area contributed by atoms with Gasteiger partial charge in [0.15, 0.2) is 5.60 Å². The number of nitrogens with one attached hydrogen (secondary N) is 1. The maximum absolute atomic E-state index is 13.5. The number of pyridine rings is 1. The number of thiophene rings is 1. The van der Waals surface area contributed by atoms with Crippen molar-refractivity contribution in [3.8, 4) is 11.3 Å². The molecule has 2 aromatic heterocycles. The topological polar surface area (TPSA) is 79.3 Å². The Hall–Kier alpha value is -2.50. The van der Waals surface area contributed by atoms with Gasteiger partial charge in [0.2, 0.25) is 10.0 Å². The van der Waals surface area contributed by atoms with Gasteiger partial charge in [0.05, 0.1) is 17.0 Å². The van der Waals surface area contributed by atoms with Crippen LogP contribution in [0.4, 0.5) is 13.2 Å². The van der Waals surface area contributed by atoms with Crippen molar-refractivity contribution in [1.29, 1.82) is 0 Å². The molecular weight excluding hydrogens is 569 g/mol. The Bertz CT molecular complexity index is 1700. The summed E-state index contributed by atoms with van der Waals surface area (Å²) < 4.78 is 70.9. The molecule has 2 heterocycles. The van der Waals surface area contributed by atoms with Gasteiger partial charge >= 0.3 is 6.18 Å². The Labute approximate surface area is 232 Å². The molecule has 2 fully saturated rings. The molecule has 5 nitrogen and oxygen atoms in total. The van der Waals surface area contributed by atoms with Gasteiger partial charge in [-0.15, -0.1) is 11.3 Å². The highest BCUT2D eigenvalue weighted by atomic mass is 35.5. The molecular formula is C28H24ClF3N2O3S2. The molecule has 2 saturated carbocycles. The molecule has 1 spiro atoms. The largest absolute Gasteiger partial charge is 0.421 e. The first-order valence-electron chi connectivity index (χ1n) is 12.4. The minimum absolute atomic E-state index is 0.0709. The zero-order chi connectivity index (χ0) is 27.8. The quantitative estimate of drug-likeness (QED) is 0.243. The van der Waals surface area contributed by atoms with Gasteiger partial charge in [-0.05, 0) is 72.4 Å². The fourth-order valence-corrected chi connectivity index (χ4v) is 8.90. The van der Waals surface area contributed by atoms with Crippen LogP contribution >= 0.6 is 22.9 Å². The molecule has 11 heteroatoms. The average molecular weight is 593 g/mol. The number of halogens is 4. The van der Waals surface area contributed by atoms with E-state index in [0.717, 1.165) is 29.0 Å². The number of rotatable bonds is 7. The van der Waals surface area contributed by atoms with Gasteiger partial charge in [-0.3, -0.25) is 4.98 Å². The molecule has 2 aromatic carbocycles. The number of hydrogen-bond donors (Lipinski definition) is 2. The van der Waals surface area contributed by atoms with Crippen molar-refractivity contribution in [2.75, 3.05) is 0 Å². The first kappa shape index (κ1) is 26.7. The normalized spacial score (nSPS) is 20.6. The standard InChI is InChI=1S/C28H24ClF3N2O3S2/c1-26(35,28(30,31)32)17-9-12-33-21(14-17)19-7-4-5-16-13-22(38-25(16)19)24(18-6-2-3-8-20(18)29)34-39(36,37)23-15-27(23)10-11-27/h2-9,12-14,23-24,34-35H,10-11,15H2,1H3/t23-,24?,26-/m0/s1. The number of aliphatic hydroxyl groups is 1. The highest BCUT2D eigenvalue weighted by molar-refractivity contribution is 7.90. The molecule has 6 rings (SSSR count). The third-order valence-corrected chi connectivity index (χ3v) is 11.5. The summed E-state index contributed by atoms with van der Waals surface area (Å²) in [5, 5.41) is 11.0. The zero-order valence-electron chi connectivity index (χ0n) is 20.7. The lowest BCUT2D eigenvalue weighted by molar-refractivity contribution is -0.258. The van der Waals surface area contributed by atoms with E-state index in [1.54, 1.807) is 36.4 Å². The average Bonchev–Trinajstić information content (AvgIpc) is 3.78. The van der Waals surface area contributed by atoms with Crippen LogP contribution < -0.4 is 4.72 Å². The Morgan fingerprint density at radius 2 is 1.87 bits per heavy atom. The molecule has 0 aliphatic heterocycles. The van der Waals surface area contributed by atoms with Gasteiger partial charge in [-0.25, -0.2) is 13.1 Å². The van der Waals surface area contributed by atoms with Crippen molar-refractivity contribution in [2.45, 2.75) is 49.3 Å². The van der Waals surface area contributed by atoms with Gasteiger partial charge < -0.3 is 5.11 Å². The van der Waals surface area contributed by atoms with Crippen LogP contribution in [0.2, 0.25) is 5.02 Å². The van der Waals surface area contributed by atoms with Crippen LogP contribution in [0, 0.1) is 5.41 Å². The van der Waals surface area contributed by atoms with Crippen LogP contribution in [0.3, 0.4) is 0 Å². The van der Waals surface area contributed by atoms with E-state index in [-0.39, 0.29) is 16.7 Å². The minimum atomic E-state index is -4.87. The number of fused-ring (bicyclic) bond motifs is 1. The van der Waals surface area contributed by atoms with E-state index in [1.165, 1.54) is 23.6 Å². The van der Waals surface area contributed by atoms with Crippen LogP contribution in [0.1, 0.15) is 48.2 Å². The Kier molecular flexibility index (Phi) is 6.17. The molecule has 2 aliphatic carbocycles. The van der Waals surface area contributed by atoms with Gasteiger partial charge in [0.25, 0.3) is 0 Å². The summed E-state index contributed by atoms with van der Waals surface area (Å²) in [6, 6.07) is 15.9. The van der Waals surface area contributed by atoms with Crippen molar-refractivity contribution in [3.63, 3.8) is 0 Å². The molecule has 2 aliphatic rings. The number of nitrogens with zero attached hydrogens (tertiary/aromatic N) is 1. The fourth-order valence-electron chi connectivity index (χ4n) is 5.14. The molecule has 0 amide bonds. The van der Waals surface area contributed by atoms with Crippen molar-refractivity contribution >= 4 is 43.0 Å². The molecule has 4 aromatic rings. The fraction of sp³-hybridized carbons (Fsp3) is 0.321. The second-order valence-corrected chi connectivity index (χ2v) is 13.9. The Morgan fingerprint density at radius 1 is 1.13 bits per heavy atom. The zero-order valence-corrected chi connectivity index (χ0v) is 23.1. The summed E-state index contributed by atoms with van der Waals surface area (Å²) in [5.41, 5.74) is -1.99. The minimum Gasteiger partial charge on any atom is -0.376 e. The summed E-state index contributed by atoms with van der Waals surface area (Å²) in [4.78, 5) is 4.98. The molecule has 0 radical (unpaired) electrons. The summed E-state index contributed by atoms with van der Waals surface area (Å²) >= 11 is 7.86. The molecule has 3 atom stereocenters. The van der Waals surface area contributed by atoms with E-state index in [4.69, 9.17) is 11.6 Å². The maximum atomic E-state index is 13.5. The Morgan fingerprint density at radius 3 is 2.54 bits per heavy atom. The highest BCUT2D eigenvalue weighted by Gasteiger charge is 2.68. The molecule has 1 unspecified atom stereocenters. The summed E-state index contributed by atoms with van der Waals surface area (Å²) in [7, 11) is -3.63. The van der Waals surface area contributed by atoms with Crippen LogP contribution in [-0.2, 0) is 15.6 Å². The van der Waals surface area contributed by atoms with E-state index in [9.17, 15) is 26.7 Å². The number of alkyl halides is 3. The first-order valence-corrected chi connectivity index (χ1v) is 15.1. The van der Waals surface area contributed by atoms with Crippen LogP contribution in [-0.4, -0.2) is 29.9 Å². The maximum Gasteiger partial charge on any atom is 0.421 e. The van der Waals surface area contributed by atoms with Crippen LogP contribution in [0.15, 0.2) is 66.9 Å². The third kappa shape index (κ3) is 4.66. The van der Waals surface area contributed by atoms with Gasteiger partial charge in [0, 0.05) is 26.4 Å². The van der Waals surface area contributed by atoms with E-state index in [1.807, 2.05) is 12.1 Å². The second kappa shape index (κ2) is 9.01. The molecule has 0 bridgehead atoms. The van der Waals surface area contributed by atoms with Gasteiger partial charge in [0.1, 0.15) is 0 Å². The smallest absolute Gasteiger partial charge is 0.376 e. The Balaban J connectivity index is 1.44. The van der Waals surface area contributed by atoms with E-state index < -0.39 is 33.1 Å². The molecule has 2 N–H and O–H groups in total. The SMILES string of the molecule is C[C@](O)(c1ccnc(-c2cccc3cc(C(NS(=O)(=O)[C@H]4CC45CC5)c4ccccc4Cl)sc23)c1)C(F)(F)F. The van der Waals surface area contributed by atoms with Gasteiger partial charge in [-0.1, -0.05) is 48.0 Å². The number of hydrogen-bond acceptors (Lipinski definition) is 5. The van der Waals surface area contributed by atoms with Crippen LogP contribution in [0.25, 0.3) is 21.3 Å². The van der Waals surface area contributed by atoms with Gasteiger partial charge in [-0.2, -0.15) is 13.2 Å². The molecule has 204 valence electrons.